The molecule has 1 aliphatic rings. The van der Waals surface area contributed by atoms with Crippen molar-refractivity contribution >= 4 is 51.0 Å². The van der Waals surface area contributed by atoms with Gasteiger partial charge >= 0.3 is 0 Å². The molecule has 0 saturated carbocycles. The van der Waals surface area contributed by atoms with Crippen LogP contribution in [0.3, 0.4) is 0 Å². The van der Waals surface area contributed by atoms with E-state index in [1.54, 1.807) is 0 Å². The molecular weight excluding hydrogens is 442 g/mol. The monoisotopic (exact) mass is 464 g/mol. The van der Waals surface area contributed by atoms with E-state index in [1.807, 2.05) is 0 Å². The quantitative estimate of drug-likeness (QED) is 0.329. The molecule has 0 atom stereocenters. The number of piperidine rings is 1. The third-order valence-electron chi connectivity index (χ3n) is 3.37. The lowest BCUT2D eigenvalue weighted by molar-refractivity contribution is -0.116. The van der Waals surface area contributed by atoms with Gasteiger partial charge in [-0.15, -0.1) is 0 Å². The van der Waals surface area contributed by atoms with E-state index in [2.05, 4.69) is 62.0 Å². The standard InChI is InChI=1S/C12H22I2N2O/c1-15(5-4-12(17)8-13)9-11-2-6-16(10-14)7-3-11/h11H,2-10H2,1H3. The largest absolute Gasteiger partial charge is 0.306 e. The number of carbonyl (C=O) groups excluding carboxylic acids is 1. The summed E-state index contributed by atoms with van der Waals surface area (Å²) in [6.45, 7) is 4.57. The number of rotatable bonds is 7. The van der Waals surface area contributed by atoms with Crippen LogP contribution in [0.4, 0.5) is 0 Å². The van der Waals surface area contributed by atoms with Gasteiger partial charge in [-0.05, 0) is 38.9 Å². The molecule has 1 aliphatic heterocycles. The van der Waals surface area contributed by atoms with Gasteiger partial charge in [0.05, 0.1) is 8.98 Å². The number of hydrogen-bond acceptors (Lipinski definition) is 3. The van der Waals surface area contributed by atoms with E-state index in [1.165, 1.54) is 25.9 Å². The maximum absolute atomic E-state index is 11.2. The lowest BCUT2D eigenvalue weighted by Crippen LogP contribution is -2.37. The fourth-order valence-electron chi connectivity index (χ4n) is 2.20. The topological polar surface area (TPSA) is 23.6 Å². The molecule has 0 aromatic heterocycles. The lowest BCUT2D eigenvalue weighted by Gasteiger charge is -2.32. The molecule has 1 saturated heterocycles. The highest BCUT2D eigenvalue weighted by atomic mass is 127. The van der Waals surface area contributed by atoms with Gasteiger partial charge in [0.15, 0.2) is 0 Å². The first-order valence-corrected chi connectivity index (χ1v) is 9.25. The molecule has 17 heavy (non-hydrogen) atoms. The average Bonchev–Trinajstić information content (AvgIpc) is 2.36. The van der Waals surface area contributed by atoms with Crippen molar-refractivity contribution in [2.24, 2.45) is 5.92 Å². The zero-order valence-corrected chi connectivity index (χ0v) is 14.8. The Hall–Kier alpha value is 1.05. The smallest absolute Gasteiger partial charge is 0.143 e. The van der Waals surface area contributed by atoms with E-state index >= 15 is 0 Å². The summed E-state index contributed by atoms with van der Waals surface area (Å²) in [4.78, 5) is 16.1. The van der Waals surface area contributed by atoms with Crippen LogP contribution in [-0.4, -0.2) is 57.8 Å². The summed E-state index contributed by atoms with van der Waals surface area (Å²) in [7, 11) is 2.14. The van der Waals surface area contributed by atoms with Crippen molar-refractivity contribution in [3.05, 3.63) is 0 Å². The maximum atomic E-state index is 11.2. The SMILES string of the molecule is CN(CCC(=O)CI)CC1CCN(CI)CC1. The number of Topliss-reactive ketones (excluding diaryl/α,β-unsaturated/α-hetero) is 1. The van der Waals surface area contributed by atoms with E-state index in [4.69, 9.17) is 0 Å². The van der Waals surface area contributed by atoms with Crippen molar-refractivity contribution in [2.45, 2.75) is 19.3 Å². The summed E-state index contributed by atoms with van der Waals surface area (Å²) < 4.78 is 1.81. The molecule has 0 unspecified atom stereocenters. The predicted octanol–water partition coefficient (Wildman–Crippen LogP) is 2.42. The molecule has 100 valence electrons. The summed E-state index contributed by atoms with van der Waals surface area (Å²) in [6.07, 6.45) is 3.34. The van der Waals surface area contributed by atoms with Crippen LogP contribution in [0.1, 0.15) is 19.3 Å². The van der Waals surface area contributed by atoms with Gasteiger partial charge in [0, 0.05) is 19.5 Å². The predicted molar refractivity (Wildman–Crippen MR) is 89.2 cm³/mol. The van der Waals surface area contributed by atoms with Crippen LogP contribution in [0.15, 0.2) is 0 Å². The molecule has 0 N–H and O–H groups in total. The van der Waals surface area contributed by atoms with Crippen LogP contribution in [-0.2, 0) is 4.79 Å². The van der Waals surface area contributed by atoms with Gasteiger partial charge in [-0.1, -0.05) is 45.2 Å². The van der Waals surface area contributed by atoms with Gasteiger partial charge in [-0.3, -0.25) is 9.69 Å². The normalized spacial score (nSPS) is 18.8. The lowest BCUT2D eigenvalue weighted by atomic mass is 9.96. The molecule has 0 aromatic rings. The fraction of sp³-hybridized carbons (Fsp3) is 0.917. The Bertz CT molecular complexity index is 231. The second-order valence-electron chi connectivity index (χ2n) is 4.87. The zero-order valence-electron chi connectivity index (χ0n) is 10.5. The van der Waals surface area contributed by atoms with Gasteiger partial charge in [-0.2, -0.15) is 0 Å². The molecule has 1 heterocycles. The van der Waals surface area contributed by atoms with E-state index in [0.717, 1.165) is 23.6 Å². The molecule has 0 radical (unpaired) electrons. The Morgan fingerprint density at radius 3 is 2.53 bits per heavy atom. The number of nitrogens with zero attached hydrogens (tertiary/aromatic N) is 2. The number of likely N-dealkylation sites (tertiary alicyclic amines) is 1. The number of alkyl halides is 2. The minimum atomic E-state index is 0.372. The summed E-state index contributed by atoms with van der Waals surface area (Å²) in [5.74, 6) is 1.20. The number of carbonyl (C=O) groups is 1. The van der Waals surface area contributed by atoms with Crippen molar-refractivity contribution in [1.29, 1.82) is 0 Å². The van der Waals surface area contributed by atoms with Crippen molar-refractivity contribution < 1.29 is 4.79 Å². The third-order valence-corrected chi connectivity index (χ3v) is 5.18. The van der Waals surface area contributed by atoms with Crippen LogP contribution in [0, 0.1) is 5.92 Å². The first kappa shape index (κ1) is 16.1. The highest BCUT2D eigenvalue weighted by molar-refractivity contribution is 14.1. The van der Waals surface area contributed by atoms with E-state index in [0.29, 0.717) is 16.6 Å². The summed E-state index contributed by atoms with van der Waals surface area (Å²) in [6, 6.07) is 0. The van der Waals surface area contributed by atoms with Crippen LogP contribution in [0.25, 0.3) is 0 Å². The minimum Gasteiger partial charge on any atom is -0.306 e. The van der Waals surface area contributed by atoms with Crippen molar-refractivity contribution in [3.8, 4) is 0 Å². The fourth-order valence-corrected chi connectivity index (χ4v) is 3.27. The highest BCUT2D eigenvalue weighted by Gasteiger charge is 2.19. The van der Waals surface area contributed by atoms with Crippen molar-refractivity contribution in [2.75, 3.05) is 42.2 Å². The van der Waals surface area contributed by atoms with E-state index in [9.17, 15) is 4.79 Å². The zero-order chi connectivity index (χ0) is 12.7. The molecule has 0 spiro atoms. The summed E-state index contributed by atoms with van der Waals surface area (Å²) in [5, 5.41) is 0. The Morgan fingerprint density at radius 2 is 2.00 bits per heavy atom. The number of ketones is 1. The van der Waals surface area contributed by atoms with Crippen LogP contribution in [0.2, 0.25) is 0 Å². The highest BCUT2D eigenvalue weighted by Crippen LogP contribution is 2.18. The maximum Gasteiger partial charge on any atom is 0.143 e. The van der Waals surface area contributed by atoms with E-state index in [-0.39, 0.29) is 0 Å². The van der Waals surface area contributed by atoms with Gasteiger partial charge in [-0.25, -0.2) is 0 Å². The molecular formula is C12H22I2N2O. The molecule has 0 aliphatic carbocycles. The van der Waals surface area contributed by atoms with Gasteiger partial charge < -0.3 is 4.90 Å². The van der Waals surface area contributed by atoms with Gasteiger partial charge in [0.25, 0.3) is 0 Å². The van der Waals surface area contributed by atoms with Gasteiger partial charge in [0.1, 0.15) is 5.78 Å². The Kier molecular flexibility index (Phi) is 8.56. The van der Waals surface area contributed by atoms with Crippen LogP contribution >= 0.6 is 45.2 Å². The molecule has 0 amide bonds. The third kappa shape index (κ3) is 6.68. The molecule has 3 nitrogen and oxygen atoms in total. The van der Waals surface area contributed by atoms with Crippen LogP contribution < -0.4 is 0 Å². The molecule has 5 heteroatoms. The molecule has 0 bridgehead atoms. The summed E-state index contributed by atoms with van der Waals surface area (Å²) >= 11 is 4.59. The second kappa shape index (κ2) is 9.03. The summed E-state index contributed by atoms with van der Waals surface area (Å²) in [5.41, 5.74) is 0. The Labute approximate surface area is 132 Å². The van der Waals surface area contributed by atoms with Crippen LogP contribution in [0.5, 0.6) is 0 Å². The number of halogens is 2. The van der Waals surface area contributed by atoms with E-state index < -0.39 is 0 Å². The molecule has 1 fully saturated rings. The second-order valence-corrected chi connectivity index (χ2v) is 6.31. The molecule has 0 aromatic carbocycles. The number of hydrogen-bond donors (Lipinski definition) is 0. The van der Waals surface area contributed by atoms with Crippen molar-refractivity contribution in [3.63, 3.8) is 0 Å². The Balaban J connectivity index is 2.14. The molecule has 1 rings (SSSR count). The first-order valence-electron chi connectivity index (χ1n) is 6.20. The average molecular weight is 464 g/mol. The first-order chi connectivity index (χ1) is 8.15. The van der Waals surface area contributed by atoms with Crippen molar-refractivity contribution in [1.82, 2.24) is 9.80 Å². The Morgan fingerprint density at radius 1 is 1.35 bits per heavy atom. The minimum absolute atomic E-state index is 0.372. The van der Waals surface area contributed by atoms with Gasteiger partial charge in [0.2, 0.25) is 0 Å².